The second kappa shape index (κ2) is 8.96. The summed E-state index contributed by atoms with van der Waals surface area (Å²) in [5, 5.41) is 3.73. The first-order chi connectivity index (χ1) is 16.5. The van der Waals surface area contributed by atoms with Gasteiger partial charge in [0.05, 0.1) is 10.7 Å². The number of carbonyl (C=O) groups is 2. The minimum atomic E-state index is -0.129. The molecule has 5 rings (SSSR count). The van der Waals surface area contributed by atoms with Crippen LogP contribution in [-0.4, -0.2) is 41.8 Å². The molecule has 3 aromatic rings. The minimum absolute atomic E-state index is 0.0882. The van der Waals surface area contributed by atoms with Gasteiger partial charge in [0.15, 0.2) is 0 Å². The number of carbonyl (C=O) groups excluding carboxylic acids is 2. The number of amides is 2. The predicted molar refractivity (Wildman–Crippen MR) is 132 cm³/mol. The lowest BCUT2D eigenvalue weighted by Gasteiger charge is -2.58. The van der Waals surface area contributed by atoms with Crippen LogP contribution in [-0.2, 0) is 4.79 Å². The highest BCUT2D eigenvalue weighted by Crippen LogP contribution is 2.57. The summed E-state index contributed by atoms with van der Waals surface area (Å²) in [5.74, 6) is 6.89. The third kappa shape index (κ3) is 4.17. The molecular formula is C27H25N3O3S. The van der Waals surface area contributed by atoms with Crippen molar-refractivity contribution in [2.45, 2.75) is 25.7 Å². The van der Waals surface area contributed by atoms with Gasteiger partial charge < -0.3 is 15.0 Å². The van der Waals surface area contributed by atoms with Crippen molar-refractivity contribution in [2.24, 2.45) is 5.41 Å². The molecule has 0 radical (unpaired) electrons. The van der Waals surface area contributed by atoms with Gasteiger partial charge in [-0.2, -0.15) is 0 Å². The van der Waals surface area contributed by atoms with Crippen molar-refractivity contribution in [1.29, 1.82) is 0 Å². The Kier molecular flexibility index (Phi) is 5.84. The Labute approximate surface area is 203 Å². The number of ether oxygens (including phenoxy) is 1. The van der Waals surface area contributed by atoms with Gasteiger partial charge in [-0.1, -0.05) is 24.1 Å². The fourth-order valence-electron chi connectivity index (χ4n) is 4.79. The molecule has 2 heterocycles. The third-order valence-electron chi connectivity index (χ3n) is 6.46. The van der Waals surface area contributed by atoms with Crippen molar-refractivity contribution in [3.63, 3.8) is 0 Å². The van der Waals surface area contributed by atoms with E-state index in [1.54, 1.807) is 14.0 Å². The molecule has 0 bridgehead atoms. The van der Waals surface area contributed by atoms with E-state index in [0.29, 0.717) is 16.5 Å². The van der Waals surface area contributed by atoms with E-state index in [0.717, 1.165) is 48.0 Å². The summed E-state index contributed by atoms with van der Waals surface area (Å²) < 4.78 is 5.89. The van der Waals surface area contributed by atoms with Crippen molar-refractivity contribution in [3.05, 3.63) is 64.5 Å². The topological polar surface area (TPSA) is 71.5 Å². The Morgan fingerprint density at radius 2 is 1.76 bits per heavy atom. The van der Waals surface area contributed by atoms with Crippen molar-refractivity contribution in [3.8, 4) is 34.6 Å². The minimum Gasteiger partial charge on any atom is -0.457 e. The van der Waals surface area contributed by atoms with Gasteiger partial charge in [0.2, 0.25) is 0 Å². The zero-order chi connectivity index (χ0) is 23.7. The van der Waals surface area contributed by atoms with Crippen molar-refractivity contribution >= 4 is 23.2 Å². The van der Waals surface area contributed by atoms with Crippen LogP contribution >= 0.6 is 11.3 Å². The fourth-order valence-corrected chi connectivity index (χ4v) is 5.93. The number of likely N-dealkylation sites (tertiary alicyclic amines) is 1. The standard InChI is InChI=1S/C27H25N3O3S/c1-3-7-22(31)30-16-27(17-30)14-19(15-27)26-29-23(24(34-26)25(32)28-2)18-10-12-21(13-11-18)33-20-8-5-4-6-9-20/h4-6,8-13,19H,14-17H2,1-2H3,(H,28,32). The number of nitrogens with one attached hydrogen (secondary N) is 1. The number of aromatic nitrogens is 1. The van der Waals surface area contributed by atoms with Gasteiger partial charge in [-0.3, -0.25) is 9.59 Å². The number of para-hydroxylation sites is 1. The summed E-state index contributed by atoms with van der Waals surface area (Å²) in [6, 6.07) is 17.3. The number of nitrogens with zero attached hydrogens (tertiary/aromatic N) is 2. The maximum absolute atomic E-state index is 12.6. The van der Waals surface area contributed by atoms with E-state index in [-0.39, 0.29) is 17.2 Å². The molecular weight excluding hydrogens is 446 g/mol. The first kappa shape index (κ1) is 22.2. The monoisotopic (exact) mass is 471 g/mol. The van der Waals surface area contributed by atoms with Crippen molar-refractivity contribution in [2.75, 3.05) is 20.1 Å². The average molecular weight is 472 g/mol. The van der Waals surface area contributed by atoms with Gasteiger partial charge in [-0.05, 0) is 62.1 Å². The van der Waals surface area contributed by atoms with Crippen LogP contribution in [0.2, 0.25) is 0 Å². The molecule has 1 aliphatic heterocycles. The Morgan fingerprint density at radius 3 is 2.41 bits per heavy atom. The summed E-state index contributed by atoms with van der Waals surface area (Å²) in [4.78, 5) is 31.9. The molecule has 2 amide bonds. The third-order valence-corrected chi connectivity index (χ3v) is 7.68. The predicted octanol–water partition coefficient (Wildman–Crippen LogP) is 4.69. The largest absolute Gasteiger partial charge is 0.457 e. The van der Waals surface area contributed by atoms with E-state index < -0.39 is 0 Å². The van der Waals surface area contributed by atoms with Crippen LogP contribution in [0.4, 0.5) is 0 Å². The van der Waals surface area contributed by atoms with E-state index in [2.05, 4.69) is 17.2 Å². The average Bonchev–Trinajstić information content (AvgIpc) is 3.23. The van der Waals surface area contributed by atoms with Gasteiger partial charge >= 0.3 is 0 Å². The van der Waals surface area contributed by atoms with Crippen LogP contribution in [0, 0.1) is 17.3 Å². The molecule has 2 aliphatic rings. The summed E-state index contributed by atoms with van der Waals surface area (Å²) in [6.07, 6.45) is 1.97. The van der Waals surface area contributed by atoms with Gasteiger partial charge in [0, 0.05) is 37.0 Å². The molecule has 1 N–H and O–H groups in total. The number of hydrogen-bond acceptors (Lipinski definition) is 5. The number of hydrogen-bond donors (Lipinski definition) is 1. The first-order valence-corrected chi connectivity index (χ1v) is 12.1. The Balaban J connectivity index is 1.31. The molecule has 2 fully saturated rings. The highest BCUT2D eigenvalue weighted by atomic mass is 32.1. The van der Waals surface area contributed by atoms with Gasteiger partial charge in [-0.25, -0.2) is 4.98 Å². The molecule has 2 aromatic carbocycles. The van der Waals surface area contributed by atoms with E-state index in [1.165, 1.54) is 11.3 Å². The molecule has 1 aromatic heterocycles. The van der Waals surface area contributed by atoms with Crippen LogP contribution in [0.5, 0.6) is 11.5 Å². The Hall–Kier alpha value is -3.63. The van der Waals surface area contributed by atoms with E-state index in [4.69, 9.17) is 9.72 Å². The van der Waals surface area contributed by atoms with Crippen molar-refractivity contribution in [1.82, 2.24) is 15.2 Å². The number of benzene rings is 2. The second-order valence-corrected chi connectivity index (χ2v) is 9.92. The lowest BCUT2D eigenvalue weighted by atomic mass is 9.58. The van der Waals surface area contributed by atoms with Gasteiger partial charge in [0.25, 0.3) is 11.8 Å². The molecule has 0 atom stereocenters. The molecule has 0 unspecified atom stereocenters. The van der Waals surface area contributed by atoms with Crippen LogP contribution in [0.3, 0.4) is 0 Å². The van der Waals surface area contributed by atoms with Crippen LogP contribution in [0.25, 0.3) is 11.3 Å². The van der Waals surface area contributed by atoms with E-state index >= 15 is 0 Å². The highest BCUT2D eigenvalue weighted by Gasteiger charge is 2.54. The van der Waals surface area contributed by atoms with Gasteiger partial charge in [-0.15, -0.1) is 11.3 Å². The number of rotatable bonds is 5. The summed E-state index contributed by atoms with van der Waals surface area (Å²) in [6.45, 7) is 3.21. The molecule has 1 spiro atoms. The maximum atomic E-state index is 12.6. The van der Waals surface area contributed by atoms with Crippen molar-refractivity contribution < 1.29 is 14.3 Å². The van der Waals surface area contributed by atoms with Crippen LogP contribution in [0.1, 0.15) is 40.4 Å². The maximum Gasteiger partial charge on any atom is 0.298 e. The quantitative estimate of drug-likeness (QED) is 0.548. The smallest absolute Gasteiger partial charge is 0.298 e. The fraction of sp³-hybridized carbons (Fsp3) is 0.296. The SMILES string of the molecule is CC#CC(=O)N1CC2(CC(c3nc(-c4ccc(Oc5ccccc5)cc4)c(C(=O)NC)s3)C2)C1. The molecule has 34 heavy (non-hydrogen) atoms. The molecule has 1 saturated carbocycles. The lowest BCUT2D eigenvalue weighted by Crippen LogP contribution is -2.63. The highest BCUT2D eigenvalue weighted by molar-refractivity contribution is 7.14. The summed E-state index contributed by atoms with van der Waals surface area (Å²) in [7, 11) is 1.64. The second-order valence-electron chi connectivity index (χ2n) is 8.89. The summed E-state index contributed by atoms with van der Waals surface area (Å²) in [5.41, 5.74) is 1.77. The van der Waals surface area contributed by atoms with E-state index in [9.17, 15) is 9.59 Å². The van der Waals surface area contributed by atoms with Gasteiger partial charge in [0.1, 0.15) is 16.4 Å². The Bertz CT molecular complexity index is 1270. The number of thiazole rings is 1. The van der Waals surface area contributed by atoms with E-state index in [1.807, 2.05) is 59.5 Å². The van der Waals surface area contributed by atoms with Crippen LogP contribution in [0.15, 0.2) is 54.6 Å². The first-order valence-electron chi connectivity index (χ1n) is 11.3. The summed E-state index contributed by atoms with van der Waals surface area (Å²) >= 11 is 1.47. The zero-order valence-corrected chi connectivity index (χ0v) is 19.9. The van der Waals surface area contributed by atoms with Crippen LogP contribution < -0.4 is 10.1 Å². The Morgan fingerprint density at radius 1 is 1.09 bits per heavy atom. The molecule has 1 saturated heterocycles. The molecule has 172 valence electrons. The molecule has 6 nitrogen and oxygen atoms in total. The lowest BCUT2D eigenvalue weighted by molar-refractivity contribution is -0.145. The molecule has 1 aliphatic carbocycles. The zero-order valence-electron chi connectivity index (χ0n) is 19.1. The normalized spacial score (nSPS) is 16.1. The molecule has 7 heteroatoms.